The number of esters is 3. The van der Waals surface area contributed by atoms with Crippen molar-refractivity contribution >= 4 is 17.9 Å². The maximum atomic E-state index is 13.3. The van der Waals surface area contributed by atoms with E-state index in [0.29, 0.717) is 18.8 Å². The fraction of sp³-hybridized carbons (Fsp3) is 0.889. The highest BCUT2D eigenvalue weighted by molar-refractivity contribution is 5.86. The van der Waals surface area contributed by atoms with Crippen LogP contribution in [0.1, 0.15) is 86.0 Å². The average molecular weight is 495 g/mol. The first-order valence-electron chi connectivity index (χ1n) is 13.5. The third-order valence-corrected chi connectivity index (χ3v) is 9.20. The van der Waals surface area contributed by atoms with Gasteiger partial charge in [0, 0.05) is 17.3 Å². The molecule has 8 unspecified atom stereocenters. The lowest BCUT2D eigenvalue weighted by Gasteiger charge is -2.35. The molecule has 0 amide bonds. The minimum atomic E-state index is -1.10. The number of hydrogen-bond donors (Lipinski definition) is 1. The first-order chi connectivity index (χ1) is 16.5. The number of aliphatic hydroxyl groups excluding tert-OH is 1. The van der Waals surface area contributed by atoms with Crippen LogP contribution in [0.4, 0.5) is 0 Å². The summed E-state index contributed by atoms with van der Waals surface area (Å²) in [6.07, 6.45) is 4.26. The molecule has 0 radical (unpaired) electrons. The van der Waals surface area contributed by atoms with E-state index in [0.717, 1.165) is 38.5 Å². The quantitative estimate of drug-likeness (QED) is 0.263. The third-order valence-electron chi connectivity index (χ3n) is 9.20. The highest BCUT2D eigenvalue weighted by Crippen LogP contribution is 2.59. The van der Waals surface area contributed by atoms with Gasteiger partial charge in [-0.25, -0.2) is 4.79 Å². The number of aliphatic hydroxyl groups is 1. The largest absolute Gasteiger partial charge is 0.459 e. The number of rotatable bonds is 11. The van der Waals surface area contributed by atoms with Crippen molar-refractivity contribution in [2.45, 2.75) is 110 Å². The Hall–Kier alpha value is -1.67. The Labute approximate surface area is 208 Å². The summed E-state index contributed by atoms with van der Waals surface area (Å²) in [5.74, 6) is -2.60. The lowest BCUT2D eigenvalue weighted by Crippen LogP contribution is -2.46. The fourth-order valence-corrected chi connectivity index (χ4v) is 7.18. The van der Waals surface area contributed by atoms with E-state index in [1.54, 1.807) is 0 Å². The topological polar surface area (TPSA) is 108 Å². The minimum absolute atomic E-state index is 0.134. The standard InChI is InChI=1S/C27H42O8/c1-6-26(5,13-15(3)4)25(31)32-14-18(28)33-21-17-12-16-19(23(29)34-22(16)21)20(17)24(30)35-27(7-2)10-8-9-11-27/h15-17,19-22,25,31H,6-14H2,1-5H3. The molecule has 1 heterocycles. The van der Waals surface area contributed by atoms with Crippen molar-refractivity contribution in [1.82, 2.24) is 0 Å². The Morgan fingerprint density at radius 1 is 1.20 bits per heavy atom. The Bertz CT molecular complexity index is 818. The van der Waals surface area contributed by atoms with Gasteiger partial charge in [-0.05, 0) is 57.3 Å². The summed E-state index contributed by atoms with van der Waals surface area (Å²) in [4.78, 5) is 38.7. The zero-order chi connectivity index (χ0) is 25.5. The fourth-order valence-electron chi connectivity index (χ4n) is 7.18. The van der Waals surface area contributed by atoms with Crippen molar-refractivity contribution in [2.24, 2.45) is 35.0 Å². The smallest absolute Gasteiger partial charge is 0.332 e. The van der Waals surface area contributed by atoms with Gasteiger partial charge < -0.3 is 24.1 Å². The van der Waals surface area contributed by atoms with Gasteiger partial charge in [-0.3, -0.25) is 9.59 Å². The second kappa shape index (κ2) is 10.0. The molecule has 0 aromatic heterocycles. The molecule has 1 saturated heterocycles. The molecule has 35 heavy (non-hydrogen) atoms. The highest BCUT2D eigenvalue weighted by atomic mass is 16.6. The van der Waals surface area contributed by atoms with Crippen LogP contribution in [-0.2, 0) is 33.3 Å². The Kier molecular flexibility index (Phi) is 7.54. The maximum Gasteiger partial charge on any atom is 0.332 e. The molecule has 4 fully saturated rings. The van der Waals surface area contributed by atoms with Crippen molar-refractivity contribution in [2.75, 3.05) is 6.61 Å². The van der Waals surface area contributed by atoms with Crippen LogP contribution in [0.2, 0.25) is 0 Å². The van der Waals surface area contributed by atoms with Crippen molar-refractivity contribution in [3.63, 3.8) is 0 Å². The summed E-state index contributed by atoms with van der Waals surface area (Å²) in [5.41, 5.74) is -0.918. The van der Waals surface area contributed by atoms with Gasteiger partial charge in [-0.1, -0.05) is 34.6 Å². The van der Waals surface area contributed by atoms with Crippen LogP contribution < -0.4 is 0 Å². The van der Waals surface area contributed by atoms with Gasteiger partial charge in [0.25, 0.3) is 0 Å². The molecule has 3 saturated carbocycles. The number of hydrogen-bond acceptors (Lipinski definition) is 8. The van der Waals surface area contributed by atoms with Crippen LogP contribution in [0, 0.1) is 35.0 Å². The summed E-state index contributed by atoms with van der Waals surface area (Å²) < 4.78 is 22.9. The molecule has 1 N–H and O–H groups in total. The monoisotopic (exact) mass is 494 g/mol. The second-order valence-electron chi connectivity index (χ2n) is 11.9. The first kappa shape index (κ1) is 26.4. The number of carbonyl (C=O) groups is 3. The zero-order valence-electron chi connectivity index (χ0n) is 21.8. The van der Waals surface area contributed by atoms with Gasteiger partial charge in [0.1, 0.15) is 24.4 Å². The van der Waals surface area contributed by atoms with Gasteiger partial charge >= 0.3 is 17.9 Å². The van der Waals surface area contributed by atoms with Gasteiger partial charge in [-0.2, -0.15) is 0 Å². The van der Waals surface area contributed by atoms with E-state index in [9.17, 15) is 19.5 Å². The molecular formula is C27H42O8. The van der Waals surface area contributed by atoms with Crippen LogP contribution in [0.5, 0.6) is 0 Å². The summed E-state index contributed by atoms with van der Waals surface area (Å²) in [7, 11) is 0. The molecule has 4 aliphatic rings. The Morgan fingerprint density at radius 2 is 1.89 bits per heavy atom. The molecule has 4 rings (SSSR count). The molecule has 8 nitrogen and oxygen atoms in total. The Morgan fingerprint density at radius 3 is 2.49 bits per heavy atom. The second-order valence-corrected chi connectivity index (χ2v) is 11.9. The van der Waals surface area contributed by atoms with Crippen molar-refractivity contribution in [3.8, 4) is 0 Å². The molecule has 3 aliphatic carbocycles. The summed E-state index contributed by atoms with van der Waals surface area (Å²) in [5, 5.41) is 10.6. The predicted molar refractivity (Wildman–Crippen MR) is 126 cm³/mol. The van der Waals surface area contributed by atoms with Crippen LogP contribution in [0.3, 0.4) is 0 Å². The van der Waals surface area contributed by atoms with Gasteiger partial charge in [-0.15, -0.1) is 0 Å². The van der Waals surface area contributed by atoms with Gasteiger partial charge in [0.15, 0.2) is 6.29 Å². The van der Waals surface area contributed by atoms with Crippen LogP contribution in [0.25, 0.3) is 0 Å². The SMILES string of the molecule is CCC1(OC(=O)C2C3CC4C(OC(=O)C42)C3OC(=O)COC(O)C(C)(CC)CC(C)C)CCCC1. The van der Waals surface area contributed by atoms with Crippen molar-refractivity contribution < 1.29 is 38.4 Å². The van der Waals surface area contributed by atoms with Crippen molar-refractivity contribution in [3.05, 3.63) is 0 Å². The lowest BCUT2D eigenvalue weighted by molar-refractivity contribution is -0.198. The molecule has 0 aromatic rings. The number of ether oxygens (including phenoxy) is 4. The zero-order valence-corrected chi connectivity index (χ0v) is 21.8. The van der Waals surface area contributed by atoms with E-state index in [-0.39, 0.29) is 23.8 Å². The molecule has 2 bridgehead atoms. The van der Waals surface area contributed by atoms with E-state index in [2.05, 4.69) is 13.8 Å². The molecule has 8 atom stereocenters. The van der Waals surface area contributed by atoms with E-state index < -0.39 is 53.9 Å². The van der Waals surface area contributed by atoms with Gasteiger partial charge in [0.05, 0.1) is 11.8 Å². The molecule has 8 heteroatoms. The number of carbonyl (C=O) groups excluding carboxylic acids is 3. The van der Waals surface area contributed by atoms with Crippen molar-refractivity contribution in [1.29, 1.82) is 0 Å². The third kappa shape index (κ3) is 4.85. The maximum absolute atomic E-state index is 13.3. The highest BCUT2D eigenvalue weighted by Gasteiger charge is 2.70. The average Bonchev–Trinajstić information content (AvgIpc) is 3.55. The summed E-state index contributed by atoms with van der Waals surface area (Å²) in [6.45, 7) is 9.72. The molecule has 0 aromatic carbocycles. The van der Waals surface area contributed by atoms with E-state index in [1.807, 2.05) is 20.8 Å². The normalized spacial score (nSPS) is 35.1. The lowest BCUT2D eigenvalue weighted by atomic mass is 9.78. The summed E-state index contributed by atoms with van der Waals surface area (Å²) in [6, 6.07) is 0. The molecule has 198 valence electrons. The van der Waals surface area contributed by atoms with Crippen LogP contribution in [0.15, 0.2) is 0 Å². The predicted octanol–water partition coefficient (Wildman–Crippen LogP) is 3.77. The molecule has 0 spiro atoms. The Balaban J connectivity index is 1.39. The van der Waals surface area contributed by atoms with E-state index in [4.69, 9.17) is 18.9 Å². The van der Waals surface area contributed by atoms with Crippen LogP contribution in [-0.4, -0.2) is 53.7 Å². The van der Waals surface area contributed by atoms with E-state index >= 15 is 0 Å². The molecule has 1 aliphatic heterocycles. The van der Waals surface area contributed by atoms with E-state index in [1.165, 1.54) is 0 Å². The minimum Gasteiger partial charge on any atom is -0.459 e. The number of fused-ring (bicyclic) bond motifs is 1. The first-order valence-corrected chi connectivity index (χ1v) is 13.5. The molecular weight excluding hydrogens is 452 g/mol. The van der Waals surface area contributed by atoms with Gasteiger partial charge in [0.2, 0.25) is 0 Å². The summed E-state index contributed by atoms with van der Waals surface area (Å²) >= 11 is 0. The van der Waals surface area contributed by atoms with Crippen LogP contribution >= 0.6 is 0 Å².